The molecular formula is C19H18N2O2. The lowest BCUT2D eigenvalue weighted by Gasteiger charge is -2.07. The number of benzene rings is 2. The molecule has 1 amide bonds. The molecule has 0 unspecified atom stereocenters. The topological polar surface area (TPSA) is 62.0 Å². The number of fused-ring (bicyclic) bond motifs is 1. The summed E-state index contributed by atoms with van der Waals surface area (Å²) in [5.41, 5.74) is 2.48. The Morgan fingerprint density at radius 2 is 1.83 bits per heavy atom. The summed E-state index contributed by atoms with van der Waals surface area (Å²) in [5, 5.41) is 3.29. The molecule has 1 aromatic heterocycles. The zero-order valence-electron chi connectivity index (χ0n) is 12.9. The second-order valence-corrected chi connectivity index (χ2v) is 5.48. The van der Waals surface area contributed by atoms with E-state index < -0.39 is 5.91 Å². The molecule has 116 valence electrons. The molecule has 0 saturated carbocycles. The van der Waals surface area contributed by atoms with Crippen LogP contribution in [-0.4, -0.2) is 10.9 Å². The first-order chi connectivity index (χ1) is 11.2. The van der Waals surface area contributed by atoms with Crippen LogP contribution < -0.4 is 10.7 Å². The van der Waals surface area contributed by atoms with Gasteiger partial charge in [0.15, 0.2) is 0 Å². The standard InChI is InChI=1S/C19H18N2O2/c1-2-5-13-8-10-14(11-9-13)21-19(23)16-12-20-17-7-4-3-6-15(17)18(16)22/h3-4,6-12H,2,5H2,1H3,(H,20,22)(H,21,23). The van der Waals surface area contributed by atoms with E-state index in [4.69, 9.17) is 0 Å². The van der Waals surface area contributed by atoms with Crippen LogP contribution in [0.5, 0.6) is 0 Å². The summed E-state index contributed by atoms with van der Waals surface area (Å²) in [6.45, 7) is 2.13. The zero-order chi connectivity index (χ0) is 16.2. The lowest BCUT2D eigenvalue weighted by molar-refractivity contribution is 0.102. The van der Waals surface area contributed by atoms with Gasteiger partial charge in [0.05, 0.1) is 0 Å². The van der Waals surface area contributed by atoms with E-state index in [9.17, 15) is 9.59 Å². The molecule has 0 aliphatic carbocycles. The fourth-order valence-corrected chi connectivity index (χ4v) is 2.58. The first kappa shape index (κ1) is 15.0. The summed E-state index contributed by atoms with van der Waals surface area (Å²) in [6.07, 6.45) is 3.56. The van der Waals surface area contributed by atoms with Crippen molar-refractivity contribution < 1.29 is 4.79 Å². The monoisotopic (exact) mass is 306 g/mol. The fourth-order valence-electron chi connectivity index (χ4n) is 2.58. The van der Waals surface area contributed by atoms with Crippen molar-refractivity contribution in [2.75, 3.05) is 5.32 Å². The van der Waals surface area contributed by atoms with E-state index in [2.05, 4.69) is 17.2 Å². The molecule has 0 aliphatic rings. The van der Waals surface area contributed by atoms with Crippen LogP contribution in [-0.2, 0) is 6.42 Å². The minimum atomic E-state index is -0.403. The van der Waals surface area contributed by atoms with E-state index in [0.717, 1.165) is 18.4 Å². The van der Waals surface area contributed by atoms with Gasteiger partial charge in [0, 0.05) is 22.8 Å². The largest absolute Gasteiger partial charge is 0.360 e. The molecule has 0 saturated heterocycles. The quantitative estimate of drug-likeness (QED) is 0.771. The van der Waals surface area contributed by atoms with Gasteiger partial charge in [-0.05, 0) is 36.2 Å². The maximum absolute atomic E-state index is 12.4. The number of aryl methyl sites for hydroxylation is 1. The van der Waals surface area contributed by atoms with Crippen molar-refractivity contribution >= 4 is 22.5 Å². The van der Waals surface area contributed by atoms with E-state index in [1.165, 1.54) is 11.8 Å². The highest BCUT2D eigenvalue weighted by molar-refractivity contribution is 6.05. The molecule has 0 fully saturated rings. The van der Waals surface area contributed by atoms with Crippen LogP contribution in [0.2, 0.25) is 0 Å². The predicted molar refractivity (Wildman–Crippen MR) is 93.0 cm³/mol. The number of H-pyrrole nitrogens is 1. The third kappa shape index (κ3) is 3.16. The van der Waals surface area contributed by atoms with Crippen LogP contribution in [0.3, 0.4) is 0 Å². The Labute approximate surface area is 134 Å². The molecule has 3 rings (SSSR count). The van der Waals surface area contributed by atoms with Crippen molar-refractivity contribution in [1.82, 2.24) is 4.98 Å². The first-order valence-electron chi connectivity index (χ1n) is 7.69. The number of para-hydroxylation sites is 1. The van der Waals surface area contributed by atoms with Crippen molar-refractivity contribution in [1.29, 1.82) is 0 Å². The Bertz CT molecular complexity index is 895. The number of carbonyl (C=O) groups excluding carboxylic acids is 1. The number of hydrogen-bond acceptors (Lipinski definition) is 2. The van der Waals surface area contributed by atoms with E-state index >= 15 is 0 Å². The van der Waals surface area contributed by atoms with Crippen molar-refractivity contribution in [3.05, 3.63) is 76.1 Å². The highest BCUT2D eigenvalue weighted by Crippen LogP contribution is 2.13. The number of amides is 1. The Morgan fingerprint density at radius 1 is 1.09 bits per heavy atom. The van der Waals surface area contributed by atoms with Crippen LogP contribution in [0.25, 0.3) is 10.9 Å². The Morgan fingerprint density at radius 3 is 2.57 bits per heavy atom. The van der Waals surface area contributed by atoms with Crippen LogP contribution in [0.1, 0.15) is 29.3 Å². The molecule has 0 aliphatic heterocycles. The lowest BCUT2D eigenvalue weighted by atomic mass is 10.1. The normalized spacial score (nSPS) is 10.7. The van der Waals surface area contributed by atoms with Gasteiger partial charge in [-0.15, -0.1) is 0 Å². The molecule has 0 spiro atoms. The Kier molecular flexibility index (Phi) is 4.24. The van der Waals surface area contributed by atoms with Crippen molar-refractivity contribution in [2.45, 2.75) is 19.8 Å². The molecule has 0 bridgehead atoms. The second-order valence-electron chi connectivity index (χ2n) is 5.48. The van der Waals surface area contributed by atoms with Gasteiger partial charge in [-0.2, -0.15) is 0 Å². The minimum absolute atomic E-state index is 0.112. The van der Waals surface area contributed by atoms with Crippen LogP contribution >= 0.6 is 0 Å². The fraction of sp³-hybridized carbons (Fsp3) is 0.158. The van der Waals surface area contributed by atoms with Crippen LogP contribution in [0.4, 0.5) is 5.69 Å². The smallest absolute Gasteiger partial charge is 0.261 e. The van der Waals surface area contributed by atoms with E-state index in [-0.39, 0.29) is 11.0 Å². The number of hydrogen-bond donors (Lipinski definition) is 2. The van der Waals surface area contributed by atoms with E-state index in [0.29, 0.717) is 11.1 Å². The molecule has 23 heavy (non-hydrogen) atoms. The molecule has 2 N–H and O–H groups in total. The highest BCUT2D eigenvalue weighted by Gasteiger charge is 2.12. The number of anilines is 1. The summed E-state index contributed by atoms with van der Waals surface area (Å²) in [6, 6.07) is 14.8. The summed E-state index contributed by atoms with van der Waals surface area (Å²) >= 11 is 0. The van der Waals surface area contributed by atoms with Gasteiger partial charge < -0.3 is 10.3 Å². The van der Waals surface area contributed by atoms with Crippen LogP contribution in [0.15, 0.2) is 59.5 Å². The number of carbonyl (C=O) groups is 1. The maximum atomic E-state index is 12.4. The molecule has 1 heterocycles. The summed E-state index contributed by atoms with van der Waals surface area (Å²) in [7, 11) is 0. The maximum Gasteiger partial charge on any atom is 0.261 e. The summed E-state index contributed by atoms with van der Waals surface area (Å²) in [4.78, 5) is 27.8. The van der Waals surface area contributed by atoms with Gasteiger partial charge in [-0.1, -0.05) is 37.6 Å². The van der Waals surface area contributed by atoms with Gasteiger partial charge in [-0.25, -0.2) is 0 Å². The van der Waals surface area contributed by atoms with Gasteiger partial charge in [0.2, 0.25) is 5.43 Å². The predicted octanol–water partition coefficient (Wildman–Crippen LogP) is 3.73. The van der Waals surface area contributed by atoms with E-state index in [1.807, 2.05) is 36.4 Å². The number of pyridine rings is 1. The number of nitrogens with one attached hydrogen (secondary N) is 2. The average Bonchev–Trinajstić information content (AvgIpc) is 2.57. The van der Waals surface area contributed by atoms with E-state index in [1.54, 1.807) is 12.1 Å². The number of rotatable bonds is 4. The Balaban J connectivity index is 1.86. The van der Waals surface area contributed by atoms with Crippen molar-refractivity contribution in [3.63, 3.8) is 0 Å². The molecule has 3 aromatic rings. The third-order valence-electron chi connectivity index (χ3n) is 3.78. The molecule has 4 nitrogen and oxygen atoms in total. The highest BCUT2D eigenvalue weighted by atomic mass is 16.2. The Hall–Kier alpha value is -2.88. The summed E-state index contributed by atoms with van der Waals surface area (Å²) in [5.74, 6) is -0.403. The molecule has 0 atom stereocenters. The van der Waals surface area contributed by atoms with Crippen molar-refractivity contribution in [2.24, 2.45) is 0 Å². The first-order valence-corrected chi connectivity index (χ1v) is 7.69. The second kappa shape index (κ2) is 6.48. The number of aromatic nitrogens is 1. The lowest BCUT2D eigenvalue weighted by Crippen LogP contribution is -2.21. The molecule has 0 radical (unpaired) electrons. The molecular weight excluding hydrogens is 288 g/mol. The SMILES string of the molecule is CCCc1ccc(NC(=O)c2c[nH]c3ccccc3c2=O)cc1. The van der Waals surface area contributed by atoms with Gasteiger partial charge in [-0.3, -0.25) is 9.59 Å². The molecule has 4 heteroatoms. The number of aromatic amines is 1. The van der Waals surface area contributed by atoms with Gasteiger partial charge >= 0.3 is 0 Å². The van der Waals surface area contributed by atoms with Gasteiger partial charge in [0.25, 0.3) is 5.91 Å². The minimum Gasteiger partial charge on any atom is -0.360 e. The zero-order valence-corrected chi connectivity index (χ0v) is 12.9. The molecule has 2 aromatic carbocycles. The van der Waals surface area contributed by atoms with Gasteiger partial charge in [0.1, 0.15) is 5.56 Å². The summed E-state index contributed by atoms with van der Waals surface area (Å²) < 4.78 is 0. The van der Waals surface area contributed by atoms with Crippen molar-refractivity contribution in [3.8, 4) is 0 Å². The third-order valence-corrected chi connectivity index (χ3v) is 3.78. The van der Waals surface area contributed by atoms with Crippen LogP contribution in [0, 0.1) is 0 Å². The average molecular weight is 306 g/mol.